The molecule has 3 N–H and O–H groups in total. The maximum atomic E-state index is 14.4. The number of alkyl carbamates (subject to hydrolysis) is 1. The Hall–Kier alpha value is -4.14. The third-order valence-electron chi connectivity index (χ3n) is 9.36. The number of amides is 4. The molecule has 3 fully saturated rings. The van der Waals surface area contributed by atoms with E-state index in [9.17, 15) is 27.6 Å². The van der Waals surface area contributed by atoms with Gasteiger partial charge in [-0.3, -0.25) is 19.1 Å². The fraction of sp³-hybridized carbons (Fsp3) is 0.639. The summed E-state index contributed by atoms with van der Waals surface area (Å²) in [6.07, 6.45) is 5.10. The van der Waals surface area contributed by atoms with E-state index >= 15 is 0 Å². The van der Waals surface area contributed by atoms with Crippen LogP contribution in [0.5, 0.6) is 5.88 Å². The largest absolute Gasteiger partial charge is 0.496 e. The van der Waals surface area contributed by atoms with Crippen molar-refractivity contribution in [3.8, 4) is 5.88 Å². The van der Waals surface area contributed by atoms with Gasteiger partial charge >= 0.3 is 6.09 Å². The van der Waals surface area contributed by atoms with E-state index in [0.29, 0.717) is 36.1 Å². The third kappa shape index (κ3) is 9.21. The van der Waals surface area contributed by atoms with Gasteiger partial charge in [-0.05, 0) is 70.4 Å². The van der Waals surface area contributed by atoms with Gasteiger partial charge in [0, 0.05) is 23.7 Å². The van der Waals surface area contributed by atoms with Crippen LogP contribution >= 0.6 is 0 Å². The number of allylic oxidation sites excluding steroid dienone is 2. The van der Waals surface area contributed by atoms with Gasteiger partial charge in [0.1, 0.15) is 35.1 Å². The molecule has 14 nitrogen and oxygen atoms in total. The number of methoxy groups -OCH3 is 1. The second kappa shape index (κ2) is 14.8. The number of carbonyl (C=O) groups excluding carboxylic acids is 4. The highest BCUT2D eigenvalue weighted by Crippen LogP contribution is 2.47. The summed E-state index contributed by atoms with van der Waals surface area (Å²) < 4.78 is 44.9. The molecule has 5 atom stereocenters. The molecule has 282 valence electrons. The van der Waals surface area contributed by atoms with E-state index in [-0.39, 0.29) is 31.2 Å². The van der Waals surface area contributed by atoms with Gasteiger partial charge < -0.3 is 29.7 Å². The maximum absolute atomic E-state index is 14.4. The molecular weight excluding hydrogens is 678 g/mol. The Kier molecular flexibility index (Phi) is 11.5. The van der Waals surface area contributed by atoms with Crippen LogP contribution in [0.4, 0.5) is 4.79 Å². The van der Waals surface area contributed by atoms with Crippen molar-refractivity contribution >= 4 is 39.6 Å². The second-order valence-electron chi connectivity index (χ2n) is 15.6. The highest BCUT2D eigenvalue weighted by molar-refractivity contribution is 7.91. The highest BCUT2D eigenvalue weighted by Gasteiger charge is 2.62. The van der Waals surface area contributed by atoms with E-state index in [1.165, 1.54) is 12.0 Å². The van der Waals surface area contributed by atoms with Crippen LogP contribution in [0.15, 0.2) is 31.0 Å². The van der Waals surface area contributed by atoms with Crippen LogP contribution in [0.3, 0.4) is 0 Å². The van der Waals surface area contributed by atoms with Crippen LogP contribution in [0.25, 0.3) is 5.76 Å². The molecule has 0 aromatic carbocycles. The fourth-order valence-electron chi connectivity index (χ4n) is 6.35. The van der Waals surface area contributed by atoms with Crippen molar-refractivity contribution < 1.29 is 41.8 Å². The molecule has 0 bridgehead atoms. The van der Waals surface area contributed by atoms with E-state index in [1.54, 1.807) is 66.0 Å². The molecule has 1 aromatic rings. The first-order valence-corrected chi connectivity index (χ1v) is 18.9. The number of rotatable bonds is 13. The third-order valence-corrected chi connectivity index (χ3v) is 11.2. The number of aromatic nitrogens is 1. The van der Waals surface area contributed by atoms with Crippen molar-refractivity contribution in [3.63, 3.8) is 0 Å². The highest BCUT2D eigenvalue weighted by atomic mass is 32.2. The minimum Gasteiger partial charge on any atom is -0.496 e. The number of sulfonamides is 1. The first-order valence-electron chi connectivity index (χ1n) is 17.3. The first-order chi connectivity index (χ1) is 23.7. The molecule has 1 aliphatic heterocycles. The summed E-state index contributed by atoms with van der Waals surface area (Å²) in [5, 5.41) is 4.92. The lowest BCUT2D eigenvalue weighted by Gasteiger charge is -2.36. The van der Waals surface area contributed by atoms with Crippen molar-refractivity contribution in [2.45, 2.75) is 122 Å². The van der Waals surface area contributed by atoms with Crippen LogP contribution < -0.4 is 20.1 Å². The Balaban J connectivity index is 1.66. The predicted octanol–water partition coefficient (Wildman–Crippen LogP) is 3.74. The van der Waals surface area contributed by atoms with Crippen molar-refractivity contribution in [3.05, 3.63) is 42.1 Å². The molecule has 51 heavy (non-hydrogen) atoms. The van der Waals surface area contributed by atoms with E-state index in [4.69, 9.17) is 14.2 Å². The van der Waals surface area contributed by atoms with Crippen LogP contribution in [0.2, 0.25) is 0 Å². The number of ether oxygens (including phenoxy) is 3. The number of pyridine rings is 1. The number of likely N-dealkylation sites (tertiary alicyclic amines) is 1. The second-order valence-corrected chi connectivity index (χ2v) is 17.6. The van der Waals surface area contributed by atoms with Gasteiger partial charge in [0.05, 0.1) is 18.9 Å². The van der Waals surface area contributed by atoms with Gasteiger partial charge in [-0.2, -0.15) is 0 Å². The molecule has 0 unspecified atom stereocenters. The summed E-state index contributed by atoms with van der Waals surface area (Å²) in [5.41, 5.74) is -1.70. The molecule has 0 spiro atoms. The first kappa shape index (κ1) is 39.6. The minimum atomic E-state index is -3.87. The Morgan fingerprint density at radius 3 is 2.35 bits per heavy atom. The average molecular weight is 732 g/mol. The fourth-order valence-corrected chi connectivity index (χ4v) is 7.71. The van der Waals surface area contributed by atoms with Crippen LogP contribution in [-0.2, 0) is 33.9 Å². The quantitative estimate of drug-likeness (QED) is 0.200. The van der Waals surface area contributed by atoms with E-state index in [1.807, 2.05) is 13.8 Å². The van der Waals surface area contributed by atoms with E-state index < -0.39 is 73.8 Å². The topological polar surface area (TPSA) is 182 Å². The van der Waals surface area contributed by atoms with E-state index in [2.05, 4.69) is 26.9 Å². The lowest BCUT2D eigenvalue weighted by molar-refractivity contribution is -0.143. The molecule has 0 radical (unpaired) electrons. The van der Waals surface area contributed by atoms with Crippen LogP contribution in [0, 0.1) is 18.3 Å². The number of carbonyl (C=O) groups is 4. The Labute approximate surface area is 301 Å². The minimum absolute atomic E-state index is 0.0285. The zero-order valence-electron chi connectivity index (χ0n) is 31.1. The summed E-state index contributed by atoms with van der Waals surface area (Å²) >= 11 is 0. The zero-order chi connectivity index (χ0) is 38.1. The van der Waals surface area contributed by atoms with Gasteiger partial charge in [0.2, 0.25) is 27.7 Å². The number of nitrogens with one attached hydrogen (secondary N) is 3. The maximum Gasteiger partial charge on any atom is 0.408 e. The lowest BCUT2D eigenvalue weighted by Crippen LogP contribution is -2.60. The summed E-state index contributed by atoms with van der Waals surface area (Å²) in [6.45, 7) is 17.8. The average Bonchev–Trinajstić information content (AvgIpc) is 3.95. The predicted molar refractivity (Wildman–Crippen MR) is 191 cm³/mol. The van der Waals surface area contributed by atoms with Gasteiger partial charge in [0.25, 0.3) is 5.91 Å². The number of nitrogens with zero attached hydrogens (tertiary/aromatic N) is 2. The van der Waals surface area contributed by atoms with Crippen molar-refractivity contribution in [2.24, 2.45) is 11.3 Å². The monoisotopic (exact) mass is 731 g/mol. The lowest BCUT2D eigenvalue weighted by atomic mass is 9.85. The zero-order valence-corrected chi connectivity index (χ0v) is 31.9. The molecular formula is C36H53N5O9S. The van der Waals surface area contributed by atoms with Crippen LogP contribution in [-0.4, -0.2) is 90.3 Å². The SMILES string of the molecule is C=C/C=C(/OC)c1ccnc(O[C@@H]2C[C@@H](C(=O)N[C@]3(C(=O)NS(=O)(=O)C4CC4)C[C@H]3CC)N(C(=O)[C@@H](NC(=O)OC(C)(C)C)C(C)(C)C)C2)c1C. The molecule has 2 saturated carbocycles. The summed E-state index contributed by atoms with van der Waals surface area (Å²) in [7, 11) is -2.33. The Bertz CT molecular complexity index is 1680. The molecule has 4 rings (SSSR count). The van der Waals surface area contributed by atoms with Crippen LogP contribution in [0.1, 0.15) is 91.7 Å². The van der Waals surface area contributed by atoms with Crippen molar-refractivity contribution in [1.82, 2.24) is 25.2 Å². The van der Waals surface area contributed by atoms with Gasteiger partial charge in [-0.1, -0.05) is 46.8 Å². The molecule has 1 aromatic heterocycles. The Morgan fingerprint density at radius 2 is 1.82 bits per heavy atom. The van der Waals surface area contributed by atoms with Crippen molar-refractivity contribution in [2.75, 3.05) is 13.7 Å². The Morgan fingerprint density at radius 1 is 1.16 bits per heavy atom. The van der Waals surface area contributed by atoms with E-state index in [0.717, 1.165) is 0 Å². The molecule has 2 heterocycles. The molecule has 3 aliphatic rings. The van der Waals surface area contributed by atoms with Crippen molar-refractivity contribution in [1.29, 1.82) is 0 Å². The molecule has 2 aliphatic carbocycles. The number of hydrogen-bond donors (Lipinski definition) is 3. The summed E-state index contributed by atoms with van der Waals surface area (Å²) in [6, 6.07) is -0.469. The van der Waals surface area contributed by atoms with Gasteiger partial charge in [-0.25, -0.2) is 18.2 Å². The normalized spacial score (nSPS) is 24.2. The summed E-state index contributed by atoms with van der Waals surface area (Å²) in [4.78, 5) is 60.9. The molecule has 4 amide bonds. The standard InChI is InChI=1S/C36H53N5O9S/c1-11-13-27(48-10)25-16-17-37-30(21(25)3)49-23-18-26(41(20-23)31(43)28(34(4,5)6)38-33(45)50-35(7,8)9)29(42)39-36(19-22(36)12-2)32(44)40-51(46,47)24-14-15-24/h11,13,16-17,22-24,26,28H,1,12,14-15,18-20H2,2-10H3,(H,38,45)(H,39,42)(H,40,44)/b27-13+/t22-,23-,26+,28-,36-/m1/s1. The smallest absolute Gasteiger partial charge is 0.408 e. The summed E-state index contributed by atoms with van der Waals surface area (Å²) in [5.74, 6) is -1.45. The molecule has 15 heteroatoms. The number of hydrogen-bond acceptors (Lipinski definition) is 10. The molecule has 1 saturated heterocycles. The van der Waals surface area contributed by atoms with Gasteiger partial charge in [0.15, 0.2) is 0 Å². The van der Waals surface area contributed by atoms with Gasteiger partial charge in [-0.15, -0.1) is 0 Å².